The highest BCUT2D eigenvalue weighted by Crippen LogP contribution is 2.28. The van der Waals surface area contributed by atoms with Crippen LogP contribution in [-0.4, -0.2) is 24.6 Å². The number of hydrogen-bond acceptors (Lipinski definition) is 6. The third kappa shape index (κ3) is 2.97. The molecule has 30 heavy (non-hydrogen) atoms. The number of para-hydroxylation sites is 1. The van der Waals surface area contributed by atoms with Gasteiger partial charge in [0.15, 0.2) is 11.5 Å². The maximum absolute atomic E-state index is 12.3. The summed E-state index contributed by atoms with van der Waals surface area (Å²) >= 11 is 0. The summed E-state index contributed by atoms with van der Waals surface area (Å²) in [6.07, 6.45) is 1.46. The Morgan fingerprint density at radius 3 is 2.47 bits per heavy atom. The van der Waals surface area contributed by atoms with E-state index in [1.165, 1.54) is 6.20 Å². The van der Waals surface area contributed by atoms with Crippen LogP contribution in [0, 0.1) is 13.8 Å². The van der Waals surface area contributed by atoms with Crippen molar-refractivity contribution < 1.29 is 0 Å². The van der Waals surface area contributed by atoms with Crippen molar-refractivity contribution in [2.45, 2.75) is 13.8 Å². The van der Waals surface area contributed by atoms with E-state index in [1.807, 2.05) is 56.3 Å². The van der Waals surface area contributed by atoms with Crippen LogP contribution >= 0.6 is 0 Å². The molecule has 0 saturated carbocycles. The molecule has 5 aromatic rings. The molecule has 0 saturated heterocycles. The summed E-state index contributed by atoms with van der Waals surface area (Å²) < 4.78 is 1.65. The van der Waals surface area contributed by atoms with E-state index in [4.69, 9.17) is 15.1 Å². The second kappa shape index (κ2) is 7.04. The minimum Gasteiger partial charge on any atom is -0.319 e. The summed E-state index contributed by atoms with van der Waals surface area (Å²) in [5.41, 5.74) is 4.55. The zero-order valence-corrected chi connectivity index (χ0v) is 16.5. The summed E-state index contributed by atoms with van der Waals surface area (Å²) in [7, 11) is 0. The predicted octanol–water partition coefficient (Wildman–Crippen LogP) is 4.06. The quantitative estimate of drug-likeness (QED) is 0.497. The molecule has 2 aromatic carbocycles. The van der Waals surface area contributed by atoms with Crippen molar-refractivity contribution in [2.24, 2.45) is 0 Å². The number of aromatic nitrogens is 5. The molecule has 0 spiro atoms. The fourth-order valence-corrected chi connectivity index (χ4v) is 3.58. The van der Waals surface area contributed by atoms with E-state index in [1.54, 1.807) is 22.7 Å². The molecule has 0 unspecified atom stereocenters. The van der Waals surface area contributed by atoms with Crippen molar-refractivity contribution in [3.63, 3.8) is 0 Å². The van der Waals surface area contributed by atoms with Crippen LogP contribution < -0.4 is 10.9 Å². The number of nitrogens with one attached hydrogen (secondary N) is 1. The third-order valence-electron chi connectivity index (χ3n) is 5.01. The van der Waals surface area contributed by atoms with Crippen LogP contribution in [0.15, 0.2) is 71.7 Å². The average Bonchev–Trinajstić information content (AvgIpc) is 3.07. The first-order valence-corrected chi connectivity index (χ1v) is 9.56. The molecule has 0 aliphatic carbocycles. The van der Waals surface area contributed by atoms with Gasteiger partial charge in [0, 0.05) is 17.1 Å². The van der Waals surface area contributed by atoms with Gasteiger partial charge in [-0.1, -0.05) is 36.4 Å². The first kappa shape index (κ1) is 17.9. The fourth-order valence-electron chi connectivity index (χ4n) is 3.58. The normalized spacial score (nSPS) is 11.1. The van der Waals surface area contributed by atoms with Crippen LogP contribution in [0.4, 0.5) is 11.6 Å². The maximum Gasteiger partial charge on any atom is 0.293 e. The van der Waals surface area contributed by atoms with E-state index in [9.17, 15) is 4.79 Å². The Bertz CT molecular complexity index is 1450. The molecule has 0 bridgehead atoms. The van der Waals surface area contributed by atoms with Crippen LogP contribution in [0.2, 0.25) is 0 Å². The van der Waals surface area contributed by atoms with Crippen LogP contribution in [-0.2, 0) is 0 Å². The number of benzene rings is 2. The molecule has 0 aliphatic heterocycles. The van der Waals surface area contributed by atoms with Gasteiger partial charge in [-0.05, 0) is 49.2 Å². The van der Waals surface area contributed by atoms with Gasteiger partial charge in [-0.15, -0.1) is 5.10 Å². The second-order valence-electron chi connectivity index (χ2n) is 7.06. The zero-order chi connectivity index (χ0) is 20.7. The number of nitrogens with zero attached hydrogens (tertiary/aromatic N) is 5. The monoisotopic (exact) mass is 394 g/mol. The molecule has 5 rings (SSSR count). The molecule has 146 valence electrons. The molecule has 1 N–H and O–H groups in total. The van der Waals surface area contributed by atoms with Gasteiger partial charge in [0.2, 0.25) is 5.95 Å². The Hall–Kier alpha value is -4.13. The Balaban J connectivity index is 1.79. The van der Waals surface area contributed by atoms with Gasteiger partial charge in [-0.3, -0.25) is 4.79 Å². The minimum absolute atomic E-state index is 0.313. The van der Waals surface area contributed by atoms with Crippen LogP contribution in [0.25, 0.3) is 27.9 Å². The van der Waals surface area contributed by atoms with Crippen LogP contribution in [0.5, 0.6) is 0 Å². The highest BCUT2D eigenvalue weighted by atomic mass is 16.1. The smallest absolute Gasteiger partial charge is 0.293 e. The molecular weight excluding hydrogens is 376 g/mol. The zero-order valence-electron chi connectivity index (χ0n) is 16.5. The van der Waals surface area contributed by atoms with E-state index in [0.29, 0.717) is 23.1 Å². The third-order valence-corrected chi connectivity index (χ3v) is 5.01. The first-order valence-electron chi connectivity index (χ1n) is 9.56. The molecular formula is C23H18N6O. The van der Waals surface area contributed by atoms with Crippen molar-refractivity contribution in [3.05, 3.63) is 88.3 Å². The standard InChI is InChI=1S/C23H18N6O/c1-14-8-7-9-15(2)19(14)20-27-21-16-10-3-4-11-17(16)25-23(29(21)28-20)26-18-12-5-6-13-24-22(18)30/h3-13H,1-2H3,(H,24,25,26,30). The van der Waals surface area contributed by atoms with E-state index < -0.39 is 0 Å². The predicted molar refractivity (Wildman–Crippen MR) is 117 cm³/mol. The Morgan fingerprint density at radius 1 is 0.867 bits per heavy atom. The highest BCUT2D eigenvalue weighted by molar-refractivity contribution is 5.93. The highest BCUT2D eigenvalue weighted by Gasteiger charge is 2.17. The number of fused-ring (bicyclic) bond motifs is 3. The second-order valence-corrected chi connectivity index (χ2v) is 7.06. The van der Waals surface area contributed by atoms with Gasteiger partial charge in [-0.2, -0.15) is 4.52 Å². The number of hydrogen-bond donors (Lipinski definition) is 1. The summed E-state index contributed by atoms with van der Waals surface area (Å²) in [5.74, 6) is 1.02. The van der Waals surface area contributed by atoms with E-state index in [-0.39, 0.29) is 5.56 Å². The van der Waals surface area contributed by atoms with Crippen molar-refractivity contribution in [1.82, 2.24) is 24.6 Å². The number of aryl methyl sites for hydroxylation is 2. The number of anilines is 2. The lowest BCUT2D eigenvalue weighted by atomic mass is 10.0. The van der Waals surface area contributed by atoms with Crippen LogP contribution in [0.3, 0.4) is 0 Å². The molecule has 0 atom stereocenters. The molecule has 0 fully saturated rings. The van der Waals surface area contributed by atoms with Crippen molar-refractivity contribution in [2.75, 3.05) is 5.32 Å². The summed E-state index contributed by atoms with van der Waals surface area (Å²) in [4.78, 5) is 25.7. The van der Waals surface area contributed by atoms with Crippen molar-refractivity contribution in [3.8, 4) is 11.4 Å². The molecule has 3 heterocycles. The molecule has 3 aromatic heterocycles. The lowest BCUT2D eigenvalue weighted by molar-refractivity contribution is 0.946. The summed E-state index contributed by atoms with van der Waals surface area (Å²) in [6, 6.07) is 19.0. The molecule has 7 heteroatoms. The van der Waals surface area contributed by atoms with Gasteiger partial charge in [0.05, 0.1) is 5.52 Å². The van der Waals surface area contributed by atoms with Gasteiger partial charge >= 0.3 is 0 Å². The Kier molecular flexibility index (Phi) is 4.21. The molecule has 0 radical (unpaired) electrons. The average molecular weight is 394 g/mol. The Labute approximate surface area is 172 Å². The topological polar surface area (TPSA) is 85.1 Å². The van der Waals surface area contributed by atoms with Gasteiger partial charge in [0.25, 0.3) is 5.56 Å². The van der Waals surface area contributed by atoms with E-state index >= 15 is 0 Å². The van der Waals surface area contributed by atoms with E-state index in [0.717, 1.165) is 27.6 Å². The van der Waals surface area contributed by atoms with Crippen molar-refractivity contribution >= 4 is 28.2 Å². The lowest BCUT2D eigenvalue weighted by Gasteiger charge is -2.07. The largest absolute Gasteiger partial charge is 0.319 e. The minimum atomic E-state index is -0.377. The molecule has 7 nitrogen and oxygen atoms in total. The first-order chi connectivity index (χ1) is 14.6. The van der Waals surface area contributed by atoms with Gasteiger partial charge < -0.3 is 5.32 Å². The van der Waals surface area contributed by atoms with Crippen molar-refractivity contribution in [1.29, 1.82) is 0 Å². The summed E-state index contributed by atoms with van der Waals surface area (Å²) in [6.45, 7) is 4.09. The SMILES string of the molecule is Cc1cccc(C)c1-c1nc2c3ccccc3nc(Nc3ccccnc3=O)n2n1. The summed E-state index contributed by atoms with van der Waals surface area (Å²) in [5, 5.41) is 8.73. The van der Waals surface area contributed by atoms with Gasteiger partial charge in [0.1, 0.15) is 5.69 Å². The molecule has 0 aliphatic rings. The fraction of sp³-hybridized carbons (Fsp3) is 0.0870. The number of rotatable bonds is 3. The maximum atomic E-state index is 12.3. The van der Waals surface area contributed by atoms with Gasteiger partial charge in [-0.25, -0.2) is 15.0 Å². The lowest BCUT2D eigenvalue weighted by Crippen LogP contribution is -2.11. The van der Waals surface area contributed by atoms with Crippen LogP contribution in [0.1, 0.15) is 11.1 Å². The van der Waals surface area contributed by atoms with E-state index in [2.05, 4.69) is 10.3 Å². The Morgan fingerprint density at radius 2 is 1.63 bits per heavy atom. The molecule has 0 amide bonds.